The highest BCUT2D eigenvalue weighted by Gasteiger charge is 2.25. The van der Waals surface area contributed by atoms with Crippen molar-refractivity contribution in [3.05, 3.63) is 65.5 Å². The first-order chi connectivity index (χ1) is 13.2. The van der Waals surface area contributed by atoms with E-state index in [0.29, 0.717) is 30.3 Å². The minimum absolute atomic E-state index is 0.127. The van der Waals surface area contributed by atoms with E-state index in [4.69, 9.17) is 9.47 Å². The average Bonchev–Trinajstić information content (AvgIpc) is 3.22. The number of amides is 1. The lowest BCUT2D eigenvalue weighted by molar-refractivity contribution is 0.0728. The summed E-state index contributed by atoms with van der Waals surface area (Å²) in [7, 11) is 3.23. The SMILES string of the molecule is COc1cc2c(cc1OC)CN(C(=O)c1cnn(-c3ccccc3)n1)CC2. The smallest absolute Gasteiger partial charge is 0.276 e. The number of fused-ring (bicyclic) bond motifs is 1. The maximum atomic E-state index is 12.9. The number of nitrogens with zero attached hydrogens (tertiary/aromatic N) is 4. The van der Waals surface area contributed by atoms with E-state index in [9.17, 15) is 4.79 Å². The van der Waals surface area contributed by atoms with Gasteiger partial charge in [0.05, 0.1) is 26.1 Å². The molecule has 7 nitrogen and oxygen atoms in total. The van der Waals surface area contributed by atoms with Gasteiger partial charge in [-0.15, -0.1) is 5.10 Å². The predicted octanol–water partition coefficient (Wildman–Crippen LogP) is 2.48. The Bertz CT molecular complexity index is 969. The summed E-state index contributed by atoms with van der Waals surface area (Å²) in [6.07, 6.45) is 2.27. The van der Waals surface area contributed by atoms with E-state index >= 15 is 0 Å². The monoisotopic (exact) mass is 364 g/mol. The number of para-hydroxylation sites is 1. The molecule has 7 heteroatoms. The summed E-state index contributed by atoms with van der Waals surface area (Å²) >= 11 is 0. The van der Waals surface area contributed by atoms with Crippen LogP contribution >= 0.6 is 0 Å². The molecule has 2 aromatic carbocycles. The first kappa shape index (κ1) is 17.1. The molecule has 0 saturated heterocycles. The molecule has 2 heterocycles. The molecule has 0 saturated carbocycles. The van der Waals surface area contributed by atoms with Crippen LogP contribution in [0.5, 0.6) is 11.5 Å². The fourth-order valence-electron chi connectivity index (χ4n) is 3.27. The van der Waals surface area contributed by atoms with Gasteiger partial charge in [-0.3, -0.25) is 4.79 Å². The van der Waals surface area contributed by atoms with Crippen LogP contribution in [0.1, 0.15) is 21.6 Å². The van der Waals surface area contributed by atoms with Crippen molar-refractivity contribution in [3.63, 3.8) is 0 Å². The predicted molar refractivity (Wildman–Crippen MR) is 99.3 cm³/mol. The summed E-state index contributed by atoms with van der Waals surface area (Å²) in [5, 5.41) is 8.56. The largest absolute Gasteiger partial charge is 0.493 e. The van der Waals surface area contributed by atoms with Gasteiger partial charge in [-0.25, -0.2) is 0 Å². The van der Waals surface area contributed by atoms with Crippen molar-refractivity contribution in [2.75, 3.05) is 20.8 Å². The maximum absolute atomic E-state index is 12.9. The molecule has 0 spiro atoms. The van der Waals surface area contributed by atoms with E-state index in [1.165, 1.54) is 16.6 Å². The summed E-state index contributed by atoms with van der Waals surface area (Å²) < 4.78 is 10.7. The van der Waals surface area contributed by atoms with Crippen LogP contribution in [0.15, 0.2) is 48.7 Å². The molecule has 27 heavy (non-hydrogen) atoms. The highest BCUT2D eigenvalue weighted by molar-refractivity contribution is 5.92. The molecule has 1 aromatic heterocycles. The molecule has 0 aliphatic carbocycles. The lowest BCUT2D eigenvalue weighted by atomic mass is 9.98. The zero-order valence-electron chi connectivity index (χ0n) is 15.3. The van der Waals surface area contributed by atoms with Crippen molar-refractivity contribution in [2.24, 2.45) is 0 Å². The number of ether oxygens (including phenoxy) is 2. The molecule has 3 aromatic rings. The Hall–Kier alpha value is -3.35. The number of benzene rings is 2. The highest BCUT2D eigenvalue weighted by atomic mass is 16.5. The fraction of sp³-hybridized carbons (Fsp3) is 0.250. The van der Waals surface area contributed by atoms with Crippen LogP contribution < -0.4 is 9.47 Å². The molecular weight excluding hydrogens is 344 g/mol. The van der Waals surface area contributed by atoms with Crippen LogP contribution in [-0.4, -0.2) is 46.6 Å². The van der Waals surface area contributed by atoms with E-state index in [1.807, 2.05) is 42.5 Å². The molecular formula is C20H20N4O3. The summed E-state index contributed by atoms with van der Waals surface area (Å²) in [5.41, 5.74) is 3.38. The van der Waals surface area contributed by atoms with E-state index in [0.717, 1.165) is 17.7 Å². The molecule has 1 amide bonds. The Morgan fingerprint density at radius 2 is 1.74 bits per heavy atom. The third-order valence-corrected chi connectivity index (χ3v) is 4.70. The lowest BCUT2D eigenvalue weighted by Gasteiger charge is -2.29. The molecule has 0 bridgehead atoms. The lowest BCUT2D eigenvalue weighted by Crippen LogP contribution is -2.36. The Morgan fingerprint density at radius 1 is 1.04 bits per heavy atom. The Kier molecular flexibility index (Phi) is 4.50. The van der Waals surface area contributed by atoms with Gasteiger partial charge in [-0.2, -0.15) is 9.90 Å². The quantitative estimate of drug-likeness (QED) is 0.711. The molecule has 1 aliphatic rings. The van der Waals surface area contributed by atoms with Crippen molar-refractivity contribution in [1.82, 2.24) is 19.9 Å². The molecule has 4 rings (SSSR count). The Balaban J connectivity index is 1.55. The van der Waals surface area contributed by atoms with Crippen LogP contribution in [0.4, 0.5) is 0 Å². The third kappa shape index (κ3) is 3.23. The van der Waals surface area contributed by atoms with Gasteiger partial charge in [0.2, 0.25) is 0 Å². The zero-order valence-corrected chi connectivity index (χ0v) is 15.3. The number of carbonyl (C=O) groups is 1. The second-order valence-corrected chi connectivity index (χ2v) is 6.31. The van der Waals surface area contributed by atoms with Crippen LogP contribution in [0, 0.1) is 0 Å². The molecule has 0 unspecified atom stereocenters. The standard InChI is InChI=1S/C20H20N4O3/c1-26-18-10-14-8-9-23(13-15(14)11-19(18)27-2)20(25)17-12-21-24(22-17)16-6-4-3-5-7-16/h3-7,10-12H,8-9,13H2,1-2H3. The number of methoxy groups -OCH3 is 2. The topological polar surface area (TPSA) is 69.5 Å². The Labute approximate surface area is 157 Å². The summed E-state index contributed by atoms with van der Waals surface area (Å²) in [6.45, 7) is 1.13. The number of carbonyl (C=O) groups excluding carboxylic acids is 1. The molecule has 0 atom stereocenters. The third-order valence-electron chi connectivity index (χ3n) is 4.70. The van der Waals surface area contributed by atoms with Crippen LogP contribution in [-0.2, 0) is 13.0 Å². The number of hydrogen-bond acceptors (Lipinski definition) is 5. The van der Waals surface area contributed by atoms with Gasteiger partial charge < -0.3 is 14.4 Å². The first-order valence-corrected chi connectivity index (χ1v) is 8.70. The average molecular weight is 364 g/mol. The maximum Gasteiger partial charge on any atom is 0.276 e. The van der Waals surface area contributed by atoms with E-state index in [-0.39, 0.29) is 5.91 Å². The van der Waals surface area contributed by atoms with Crippen molar-refractivity contribution in [1.29, 1.82) is 0 Å². The van der Waals surface area contributed by atoms with E-state index in [2.05, 4.69) is 10.2 Å². The normalized spacial score (nSPS) is 13.2. The summed E-state index contributed by atoms with van der Waals surface area (Å²) in [6, 6.07) is 13.5. The van der Waals surface area contributed by atoms with Gasteiger partial charge in [0.15, 0.2) is 17.2 Å². The van der Waals surface area contributed by atoms with Gasteiger partial charge in [-0.05, 0) is 41.8 Å². The molecule has 138 valence electrons. The van der Waals surface area contributed by atoms with Gasteiger partial charge in [0.25, 0.3) is 5.91 Å². The minimum Gasteiger partial charge on any atom is -0.493 e. The van der Waals surface area contributed by atoms with E-state index < -0.39 is 0 Å². The number of hydrogen-bond donors (Lipinski definition) is 0. The second-order valence-electron chi connectivity index (χ2n) is 6.31. The van der Waals surface area contributed by atoms with E-state index in [1.54, 1.807) is 19.1 Å². The van der Waals surface area contributed by atoms with Crippen molar-refractivity contribution >= 4 is 5.91 Å². The number of aromatic nitrogens is 3. The fourth-order valence-corrected chi connectivity index (χ4v) is 3.27. The van der Waals surface area contributed by atoms with Gasteiger partial charge in [0.1, 0.15) is 0 Å². The van der Waals surface area contributed by atoms with Crippen LogP contribution in [0.2, 0.25) is 0 Å². The Morgan fingerprint density at radius 3 is 2.44 bits per heavy atom. The minimum atomic E-state index is -0.127. The van der Waals surface area contributed by atoms with Crippen molar-refractivity contribution in [2.45, 2.75) is 13.0 Å². The summed E-state index contributed by atoms with van der Waals surface area (Å²) in [4.78, 5) is 16.1. The van der Waals surface area contributed by atoms with Crippen LogP contribution in [0.25, 0.3) is 5.69 Å². The van der Waals surface area contributed by atoms with Crippen LogP contribution in [0.3, 0.4) is 0 Å². The molecule has 0 radical (unpaired) electrons. The second kappa shape index (κ2) is 7.11. The molecule has 1 aliphatic heterocycles. The zero-order chi connectivity index (χ0) is 18.8. The first-order valence-electron chi connectivity index (χ1n) is 8.70. The van der Waals surface area contributed by atoms with Gasteiger partial charge in [0, 0.05) is 13.1 Å². The highest BCUT2D eigenvalue weighted by Crippen LogP contribution is 2.33. The summed E-state index contributed by atoms with van der Waals surface area (Å²) in [5.74, 6) is 1.25. The molecule has 0 N–H and O–H groups in total. The van der Waals surface area contributed by atoms with Gasteiger partial charge in [-0.1, -0.05) is 18.2 Å². The van der Waals surface area contributed by atoms with Crippen molar-refractivity contribution in [3.8, 4) is 17.2 Å². The number of rotatable bonds is 4. The molecule has 0 fully saturated rings. The van der Waals surface area contributed by atoms with Crippen molar-refractivity contribution < 1.29 is 14.3 Å². The van der Waals surface area contributed by atoms with Gasteiger partial charge >= 0.3 is 0 Å².